The van der Waals surface area contributed by atoms with Gasteiger partial charge in [-0.2, -0.15) is 0 Å². The van der Waals surface area contributed by atoms with E-state index in [9.17, 15) is 0 Å². The van der Waals surface area contributed by atoms with E-state index in [1.807, 2.05) is 0 Å². The zero-order chi connectivity index (χ0) is 7.97. The van der Waals surface area contributed by atoms with Crippen molar-refractivity contribution in [3.8, 4) is 0 Å². The molecule has 0 saturated carbocycles. The van der Waals surface area contributed by atoms with E-state index in [1.54, 1.807) is 17.5 Å². The maximum absolute atomic E-state index is 4.28. The van der Waals surface area contributed by atoms with Crippen molar-refractivity contribution in [2.45, 2.75) is 12.8 Å². The van der Waals surface area contributed by atoms with Crippen LogP contribution >= 0.6 is 11.9 Å². The minimum absolute atomic E-state index is 0.703. The summed E-state index contributed by atoms with van der Waals surface area (Å²) in [6, 6.07) is 0. The Labute approximate surface area is 76.8 Å². The summed E-state index contributed by atoms with van der Waals surface area (Å²) < 4.78 is 4.28. The molecule has 0 N–H and O–H groups in total. The number of hydrogen-bond acceptors (Lipinski definition) is 2. The molecule has 0 amide bonds. The molecule has 62 valence electrons. The Morgan fingerprint density at radius 3 is 2.83 bits per heavy atom. The van der Waals surface area contributed by atoms with Gasteiger partial charge >= 0.3 is 0 Å². The molecule has 4 rings (SSSR count). The lowest BCUT2D eigenvalue weighted by molar-refractivity contribution is 0.496. The highest BCUT2D eigenvalue weighted by atomic mass is 32.2. The molecular weight excluding hydrogens is 166 g/mol. The van der Waals surface area contributed by atoms with E-state index in [0.29, 0.717) is 5.92 Å². The maximum atomic E-state index is 4.28. The second-order valence-corrected chi connectivity index (χ2v) is 4.42. The Morgan fingerprint density at radius 2 is 2.08 bits per heavy atom. The van der Waals surface area contributed by atoms with Crippen molar-refractivity contribution < 1.29 is 0 Å². The number of fused-ring (bicyclic) bond motifs is 1. The minimum Gasteiger partial charge on any atom is -0.224 e. The predicted molar refractivity (Wildman–Crippen MR) is 53.3 cm³/mol. The molecule has 0 aromatic heterocycles. The van der Waals surface area contributed by atoms with Crippen LogP contribution < -0.4 is 0 Å². The molecule has 3 aliphatic carbocycles. The standard InChI is InChI=1S/C10H11NS/c1-3-8-4-2-7(1)9-5-11-12-6-10(8)9/h1,3,5,7-8H,2,4,6H2. The van der Waals surface area contributed by atoms with E-state index in [1.165, 1.54) is 18.4 Å². The second kappa shape index (κ2) is 2.49. The van der Waals surface area contributed by atoms with Crippen LogP contribution in [0.15, 0.2) is 27.7 Å². The Kier molecular flexibility index (Phi) is 1.44. The molecule has 0 fully saturated rings. The molecule has 0 aromatic carbocycles. The van der Waals surface area contributed by atoms with Gasteiger partial charge < -0.3 is 0 Å². The summed E-state index contributed by atoms with van der Waals surface area (Å²) in [6.45, 7) is 0. The molecule has 0 saturated heterocycles. The Balaban J connectivity index is 2.09. The second-order valence-electron chi connectivity index (χ2n) is 3.66. The number of nitrogens with zero attached hydrogens (tertiary/aromatic N) is 1. The smallest absolute Gasteiger partial charge is 0.0389 e. The van der Waals surface area contributed by atoms with Gasteiger partial charge in [0, 0.05) is 17.9 Å². The van der Waals surface area contributed by atoms with Gasteiger partial charge in [-0.3, -0.25) is 0 Å². The van der Waals surface area contributed by atoms with Crippen molar-refractivity contribution in [2.24, 2.45) is 16.2 Å². The topological polar surface area (TPSA) is 12.4 Å². The quantitative estimate of drug-likeness (QED) is 0.409. The van der Waals surface area contributed by atoms with Crippen molar-refractivity contribution in [1.29, 1.82) is 0 Å². The first-order chi connectivity index (χ1) is 5.95. The Bertz CT molecular complexity index is 301. The summed E-state index contributed by atoms with van der Waals surface area (Å²) >= 11 is 1.70. The van der Waals surface area contributed by atoms with Crippen LogP contribution in [0.25, 0.3) is 0 Å². The maximum Gasteiger partial charge on any atom is 0.0389 e. The molecule has 2 heteroatoms. The lowest BCUT2D eigenvalue weighted by atomic mass is 9.72. The molecule has 1 heterocycles. The zero-order valence-electron chi connectivity index (χ0n) is 6.86. The van der Waals surface area contributed by atoms with Crippen LogP contribution in [-0.2, 0) is 0 Å². The monoisotopic (exact) mass is 177 g/mol. The molecule has 2 unspecified atom stereocenters. The van der Waals surface area contributed by atoms with Crippen LogP contribution in [-0.4, -0.2) is 12.0 Å². The van der Waals surface area contributed by atoms with E-state index in [4.69, 9.17) is 0 Å². The fourth-order valence-corrected chi connectivity index (χ4v) is 3.17. The van der Waals surface area contributed by atoms with Crippen LogP contribution in [0.3, 0.4) is 0 Å². The molecule has 1 nitrogen and oxygen atoms in total. The van der Waals surface area contributed by atoms with Gasteiger partial charge in [0.15, 0.2) is 0 Å². The van der Waals surface area contributed by atoms with Gasteiger partial charge in [0.05, 0.1) is 0 Å². The average molecular weight is 177 g/mol. The molecule has 4 aliphatic rings. The van der Waals surface area contributed by atoms with E-state index in [-0.39, 0.29) is 0 Å². The molecule has 12 heavy (non-hydrogen) atoms. The van der Waals surface area contributed by atoms with Crippen LogP contribution in [0.5, 0.6) is 0 Å². The fraction of sp³-hybridized carbons (Fsp3) is 0.500. The summed E-state index contributed by atoms with van der Waals surface area (Å²) in [5.74, 6) is 2.59. The summed E-state index contributed by atoms with van der Waals surface area (Å²) in [5.41, 5.74) is 3.20. The van der Waals surface area contributed by atoms with Gasteiger partial charge in [0.2, 0.25) is 0 Å². The lowest BCUT2D eigenvalue weighted by Gasteiger charge is -2.35. The van der Waals surface area contributed by atoms with Gasteiger partial charge in [-0.15, -0.1) is 0 Å². The number of allylic oxidation sites excluding steroid dienone is 3. The van der Waals surface area contributed by atoms with Gasteiger partial charge in [-0.25, -0.2) is 4.40 Å². The average Bonchev–Trinajstić information content (AvgIpc) is 2.20. The van der Waals surface area contributed by atoms with E-state index < -0.39 is 0 Å². The summed E-state index contributed by atoms with van der Waals surface area (Å²) in [5, 5.41) is 0. The number of rotatable bonds is 0. The predicted octanol–water partition coefficient (Wildman–Crippen LogP) is 2.61. The fourth-order valence-electron chi connectivity index (χ4n) is 2.39. The molecule has 0 radical (unpaired) electrons. The number of hydrogen-bond donors (Lipinski definition) is 0. The van der Waals surface area contributed by atoms with Gasteiger partial charge in [-0.1, -0.05) is 12.2 Å². The largest absolute Gasteiger partial charge is 0.224 e. The molecule has 2 atom stereocenters. The van der Waals surface area contributed by atoms with Gasteiger partial charge in [-0.05, 0) is 41.9 Å². The van der Waals surface area contributed by atoms with Crippen molar-refractivity contribution in [3.05, 3.63) is 23.3 Å². The van der Waals surface area contributed by atoms with Crippen LogP contribution in [0.2, 0.25) is 0 Å². The SMILES string of the molecule is C1=CC2CCC1C1=C2CSN=C1. The minimum atomic E-state index is 0.703. The Hall–Kier alpha value is -0.500. The first kappa shape index (κ1) is 6.96. The summed E-state index contributed by atoms with van der Waals surface area (Å²) in [7, 11) is 0. The molecular formula is C10H11NS. The molecule has 1 aliphatic heterocycles. The van der Waals surface area contributed by atoms with E-state index >= 15 is 0 Å². The third kappa shape index (κ3) is 0.845. The third-order valence-electron chi connectivity index (χ3n) is 3.07. The lowest BCUT2D eigenvalue weighted by Crippen LogP contribution is -2.25. The molecule has 0 spiro atoms. The normalized spacial score (nSPS) is 37.3. The zero-order valence-corrected chi connectivity index (χ0v) is 7.68. The highest BCUT2D eigenvalue weighted by molar-refractivity contribution is 7.98. The van der Waals surface area contributed by atoms with Crippen molar-refractivity contribution in [3.63, 3.8) is 0 Å². The van der Waals surface area contributed by atoms with E-state index in [0.717, 1.165) is 11.7 Å². The van der Waals surface area contributed by atoms with E-state index in [2.05, 4.69) is 22.8 Å². The van der Waals surface area contributed by atoms with Gasteiger partial charge in [0.1, 0.15) is 0 Å². The first-order valence-corrected chi connectivity index (χ1v) is 5.46. The molecule has 0 aromatic rings. The van der Waals surface area contributed by atoms with Crippen LogP contribution in [0, 0.1) is 11.8 Å². The van der Waals surface area contributed by atoms with Crippen molar-refractivity contribution in [2.75, 3.05) is 5.75 Å². The summed E-state index contributed by atoms with van der Waals surface area (Å²) in [4.78, 5) is 0. The third-order valence-corrected chi connectivity index (χ3v) is 3.76. The van der Waals surface area contributed by atoms with Crippen molar-refractivity contribution in [1.82, 2.24) is 0 Å². The summed E-state index contributed by atoms with van der Waals surface area (Å²) in [6.07, 6.45) is 9.57. The first-order valence-electron chi connectivity index (χ1n) is 4.52. The Morgan fingerprint density at radius 1 is 1.25 bits per heavy atom. The highest BCUT2D eigenvalue weighted by Gasteiger charge is 2.31. The van der Waals surface area contributed by atoms with Crippen LogP contribution in [0.1, 0.15) is 12.8 Å². The highest BCUT2D eigenvalue weighted by Crippen LogP contribution is 2.42. The van der Waals surface area contributed by atoms with Crippen molar-refractivity contribution >= 4 is 18.2 Å². The molecule has 2 bridgehead atoms. The van der Waals surface area contributed by atoms with Crippen LogP contribution in [0.4, 0.5) is 0 Å². The van der Waals surface area contributed by atoms with Gasteiger partial charge in [0.25, 0.3) is 0 Å².